The average Bonchev–Trinajstić information content (AvgIpc) is 2.87. The molecule has 1 heterocycles. The molecule has 0 saturated carbocycles. The van der Waals surface area contributed by atoms with Crippen LogP contribution >= 0.6 is 11.3 Å². The number of thiophene rings is 1. The molecule has 1 amide bonds. The maximum atomic E-state index is 12.3. The fraction of sp³-hybridized carbons (Fsp3) is 0.533. The minimum absolute atomic E-state index is 0.0743. The van der Waals surface area contributed by atoms with Crippen LogP contribution in [0, 0.1) is 11.8 Å². The summed E-state index contributed by atoms with van der Waals surface area (Å²) in [6.07, 6.45) is 2.42. The van der Waals surface area contributed by atoms with Crippen molar-refractivity contribution in [1.82, 2.24) is 4.90 Å². The summed E-state index contributed by atoms with van der Waals surface area (Å²) in [6.45, 7) is 5.84. The van der Waals surface area contributed by atoms with E-state index in [0.717, 1.165) is 35.7 Å². The van der Waals surface area contributed by atoms with Crippen LogP contribution in [0.15, 0.2) is 12.1 Å². The highest BCUT2D eigenvalue weighted by Crippen LogP contribution is 2.18. The normalized spacial score (nSPS) is 9.84. The van der Waals surface area contributed by atoms with E-state index in [4.69, 9.17) is 5.11 Å². The molecule has 0 unspecified atom stereocenters. The second-order valence-corrected chi connectivity index (χ2v) is 5.32. The zero-order chi connectivity index (χ0) is 14.1. The molecule has 0 bridgehead atoms. The highest BCUT2D eigenvalue weighted by Gasteiger charge is 2.15. The van der Waals surface area contributed by atoms with Gasteiger partial charge in [-0.05, 0) is 25.0 Å². The Labute approximate surface area is 119 Å². The fourth-order valence-corrected chi connectivity index (χ4v) is 2.58. The van der Waals surface area contributed by atoms with Crippen LogP contribution in [0.1, 0.15) is 47.7 Å². The van der Waals surface area contributed by atoms with Crippen molar-refractivity contribution in [2.75, 3.05) is 19.7 Å². The lowest BCUT2D eigenvalue weighted by Gasteiger charge is -2.20. The SMILES string of the molecule is CCCN(CCC)C(=O)c1ccc(C#CCCO)s1. The molecule has 0 radical (unpaired) electrons. The van der Waals surface area contributed by atoms with E-state index in [2.05, 4.69) is 25.7 Å². The summed E-state index contributed by atoms with van der Waals surface area (Å²) in [4.78, 5) is 15.8. The first-order valence-electron chi connectivity index (χ1n) is 6.71. The molecule has 1 aromatic heterocycles. The van der Waals surface area contributed by atoms with Gasteiger partial charge in [0, 0.05) is 19.5 Å². The third-order valence-corrected chi connectivity index (χ3v) is 3.53. The van der Waals surface area contributed by atoms with E-state index in [1.54, 1.807) is 0 Å². The molecule has 1 rings (SSSR count). The van der Waals surface area contributed by atoms with Gasteiger partial charge in [-0.1, -0.05) is 25.7 Å². The molecule has 19 heavy (non-hydrogen) atoms. The topological polar surface area (TPSA) is 40.5 Å². The van der Waals surface area contributed by atoms with Gasteiger partial charge in [0.2, 0.25) is 0 Å². The first-order valence-corrected chi connectivity index (χ1v) is 7.53. The zero-order valence-electron chi connectivity index (χ0n) is 11.6. The third-order valence-electron chi connectivity index (χ3n) is 2.54. The number of amides is 1. The highest BCUT2D eigenvalue weighted by molar-refractivity contribution is 7.14. The Morgan fingerprint density at radius 2 is 2.00 bits per heavy atom. The van der Waals surface area contributed by atoms with Crippen molar-refractivity contribution in [3.05, 3.63) is 21.9 Å². The number of aliphatic hydroxyl groups excluding tert-OH is 1. The van der Waals surface area contributed by atoms with Crippen LogP contribution in [-0.2, 0) is 0 Å². The maximum Gasteiger partial charge on any atom is 0.263 e. The van der Waals surface area contributed by atoms with Crippen molar-refractivity contribution in [2.24, 2.45) is 0 Å². The van der Waals surface area contributed by atoms with Crippen molar-refractivity contribution >= 4 is 17.2 Å². The summed E-state index contributed by atoms with van der Waals surface area (Å²) in [7, 11) is 0. The van der Waals surface area contributed by atoms with Gasteiger partial charge < -0.3 is 10.0 Å². The van der Waals surface area contributed by atoms with E-state index in [9.17, 15) is 4.79 Å². The molecule has 0 aliphatic heterocycles. The minimum atomic E-state index is 0.0743. The second-order valence-electron chi connectivity index (χ2n) is 4.23. The van der Waals surface area contributed by atoms with Crippen molar-refractivity contribution < 1.29 is 9.90 Å². The standard InChI is InChI=1S/C15H21NO2S/c1-3-10-16(11-4-2)15(18)14-9-8-13(19-14)7-5-6-12-17/h8-9,17H,3-4,6,10-12H2,1-2H3. The van der Waals surface area contributed by atoms with Crippen LogP contribution in [0.4, 0.5) is 0 Å². The van der Waals surface area contributed by atoms with E-state index in [0.29, 0.717) is 6.42 Å². The molecular weight excluding hydrogens is 258 g/mol. The lowest BCUT2D eigenvalue weighted by atomic mass is 10.3. The number of rotatable bonds is 6. The number of hydrogen-bond acceptors (Lipinski definition) is 3. The van der Waals surface area contributed by atoms with E-state index in [-0.39, 0.29) is 12.5 Å². The second kappa shape index (κ2) is 8.73. The molecule has 0 aliphatic rings. The maximum absolute atomic E-state index is 12.3. The lowest BCUT2D eigenvalue weighted by Crippen LogP contribution is -2.31. The number of hydrogen-bond donors (Lipinski definition) is 1. The summed E-state index contributed by atoms with van der Waals surface area (Å²) >= 11 is 1.43. The zero-order valence-corrected chi connectivity index (χ0v) is 12.4. The van der Waals surface area contributed by atoms with E-state index in [1.807, 2.05) is 17.0 Å². The molecule has 4 heteroatoms. The minimum Gasteiger partial charge on any atom is -0.395 e. The highest BCUT2D eigenvalue weighted by atomic mass is 32.1. The molecular formula is C15H21NO2S. The number of aliphatic hydroxyl groups is 1. The quantitative estimate of drug-likeness (QED) is 0.813. The largest absolute Gasteiger partial charge is 0.395 e. The van der Waals surface area contributed by atoms with Gasteiger partial charge in [0.05, 0.1) is 16.4 Å². The first kappa shape index (κ1) is 15.7. The number of carbonyl (C=O) groups excluding carboxylic acids is 1. The van der Waals surface area contributed by atoms with Gasteiger partial charge in [-0.3, -0.25) is 4.79 Å². The van der Waals surface area contributed by atoms with Crippen molar-refractivity contribution in [1.29, 1.82) is 0 Å². The molecule has 0 aromatic carbocycles. The fourth-order valence-electron chi connectivity index (χ4n) is 1.74. The molecule has 1 aromatic rings. The van der Waals surface area contributed by atoms with Crippen LogP contribution in [0.2, 0.25) is 0 Å². The monoisotopic (exact) mass is 279 g/mol. The van der Waals surface area contributed by atoms with E-state index < -0.39 is 0 Å². The Bertz CT molecular complexity index is 450. The Morgan fingerprint density at radius 1 is 1.32 bits per heavy atom. The lowest BCUT2D eigenvalue weighted by molar-refractivity contribution is 0.0760. The number of carbonyl (C=O) groups is 1. The summed E-state index contributed by atoms with van der Waals surface area (Å²) in [5, 5.41) is 8.67. The molecule has 0 spiro atoms. The first-order chi connectivity index (χ1) is 9.22. The van der Waals surface area contributed by atoms with Gasteiger partial charge in [-0.15, -0.1) is 11.3 Å². The number of nitrogens with zero attached hydrogens (tertiary/aromatic N) is 1. The van der Waals surface area contributed by atoms with Crippen molar-refractivity contribution in [2.45, 2.75) is 33.1 Å². The van der Waals surface area contributed by atoms with Crippen LogP contribution in [0.3, 0.4) is 0 Å². The molecule has 104 valence electrons. The van der Waals surface area contributed by atoms with Gasteiger partial charge >= 0.3 is 0 Å². The van der Waals surface area contributed by atoms with Gasteiger partial charge in [0.25, 0.3) is 5.91 Å². The van der Waals surface area contributed by atoms with E-state index >= 15 is 0 Å². The third kappa shape index (κ3) is 5.06. The summed E-state index contributed by atoms with van der Waals surface area (Å²) in [5.41, 5.74) is 0. The Balaban J connectivity index is 2.74. The van der Waals surface area contributed by atoms with Crippen LogP contribution in [0.25, 0.3) is 0 Å². The predicted molar refractivity (Wildman–Crippen MR) is 79.4 cm³/mol. The molecule has 3 nitrogen and oxygen atoms in total. The van der Waals surface area contributed by atoms with Gasteiger partial charge in [-0.2, -0.15) is 0 Å². The van der Waals surface area contributed by atoms with Crippen LogP contribution < -0.4 is 0 Å². The summed E-state index contributed by atoms with van der Waals surface area (Å²) in [5.74, 6) is 5.93. The molecule has 0 aliphatic carbocycles. The Hall–Kier alpha value is -1.31. The van der Waals surface area contributed by atoms with E-state index in [1.165, 1.54) is 11.3 Å². The average molecular weight is 279 g/mol. The van der Waals surface area contributed by atoms with Crippen LogP contribution in [-0.4, -0.2) is 35.6 Å². The Morgan fingerprint density at radius 3 is 2.58 bits per heavy atom. The van der Waals surface area contributed by atoms with Gasteiger partial charge in [0.1, 0.15) is 0 Å². The van der Waals surface area contributed by atoms with Crippen molar-refractivity contribution in [3.63, 3.8) is 0 Å². The van der Waals surface area contributed by atoms with Gasteiger partial charge in [0.15, 0.2) is 0 Å². The molecule has 0 fully saturated rings. The predicted octanol–water partition coefficient (Wildman–Crippen LogP) is 2.74. The molecule has 1 N–H and O–H groups in total. The smallest absolute Gasteiger partial charge is 0.263 e. The summed E-state index contributed by atoms with van der Waals surface area (Å²) < 4.78 is 0. The van der Waals surface area contributed by atoms with Crippen molar-refractivity contribution in [3.8, 4) is 11.8 Å². The van der Waals surface area contributed by atoms with Gasteiger partial charge in [-0.25, -0.2) is 0 Å². The summed E-state index contributed by atoms with van der Waals surface area (Å²) in [6, 6.07) is 3.71. The Kier molecular flexibility index (Phi) is 7.24. The molecule has 0 atom stereocenters. The molecule has 0 saturated heterocycles. The van der Waals surface area contributed by atoms with Crippen LogP contribution in [0.5, 0.6) is 0 Å².